The van der Waals surface area contributed by atoms with Crippen LogP contribution in [0, 0.1) is 17.1 Å². The van der Waals surface area contributed by atoms with Gasteiger partial charge in [0, 0.05) is 5.69 Å². The highest BCUT2D eigenvalue weighted by Gasteiger charge is 2.12. The maximum Gasteiger partial charge on any atom is 0.141 e. The van der Waals surface area contributed by atoms with Gasteiger partial charge in [0.2, 0.25) is 0 Å². The minimum atomic E-state index is -0.564. The third-order valence-electron chi connectivity index (χ3n) is 2.49. The predicted molar refractivity (Wildman–Crippen MR) is 69.8 cm³/mol. The second kappa shape index (κ2) is 5.52. The molecule has 0 aliphatic rings. The first-order chi connectivity index (χ1) is 8.70. The van der Waals surface area contributed by atoms with E-state index < -0.39 is 11.9 Å². The Morgan fingerprint density at radius 1 is 1.17 bits per heavy atom. The van der Waals surface area contributed by atoms with E-state index in [-0.39, 0.29) is 5.02 Å². The van der Waals surface area contributed by atoms with Crippen LogP contribution in [0.2, 0.25) is 5.02 Å². The van der Waals surface area contributed by atoms with Gasteiger partial charge < -0.3 is 5.32 Å². The van der Waals surface area contributed by atoms with E-state index in [0.717, 1.165) is 5.69 Å². The van der Waals surface area contributed by atoms with Crippen LogP contribution in [0.3, 0.4) is 0 Å². The van der Waals surface area contributed by atoms with Gasteiger partial charge in [-0.2, -0.15) is 5.26 Å². The van der Waals surface area contributed by atoms with Gasteiger partial charge in [-0.1, -0.05) is 35.9 Å². The summed E-state index contributed by atoms with van der Waals surface area (Å²) in [4.78, 5) is 0. The van der Waals surface area contributed by atoms with Crippen molar-refractivity contribution < 1.29 is 4.39 Å². The monoisotopic (exact) mass is 260 g/mol. The summed E-state index contributed by atoms with van der Waals surface area (Å²) in [6, 6.07) is 15.2. The van der Waals surface area contributed by atoms with Crippen LogP contribution in [0.5, 0.6) is 0 Å². The van der Waals surface area contributed by atoms with Crippen molar-refractivity contribution in [2.24, 2.45) is 0 Å². The second-order valence-corrected chi connectivity index (χ2v) is 4.15. The average molecular weight is 261 g/mol. The molecule has 2 aromatic carbocycles. The molecule has 0 saturated carbocycles. The van der Waals surface area contributed by atoms with Crippen LogP contribution in [-0.4, -0.2) is 0 Å². The summed E-state index contributed by atoms with van der Waals surface area (Å²) in [5.41, 5.74) is 1.46. The van der Waals surface area contributed by atoms with E-state index >= 15 is 0 Å². The second-order valence-electron chi connectivity index (χ2n) is 3.75. The number of hydrogen-bond donors (Lipinski definition) is 1. The zero-order valence-electron chi connectivity index (χ0n) is 9.40. The fourth-order valence-corrected chi connectivity index (χ4v) is 1.77. The molecule has 0 spiro atoms. The Labute approximate surface area is 110 Å². The van der Waals surface area contributed by atoms with Gasteiger partial charge in [0.05, 0.1) is 11.1 Å². The van der Waals surface area contributed by atoms with Crippen LogP contribution in [0.1, 0.15) is 11.6 Å². The summed E-state index contributed by atoms with van der Waals surface area (Å²) >= 11 is 5.71. The molecule has 0 aliphatic heterocycles. The molecule has 2 nitrogen and oxygen atoms in total. The summed E-state index contributed by atoms with van der Waals surface area (Å²) in [7, 11) is 0. The lowest BCUT2D eigenvalue weighted by atomic mass is 10.1. The molecule has 1 N–H and O–H groups in total. The highest BCUT2D eigenvalue weighted by molar-refractivity contribution is 6.30. The van der Waals surface area contributed by atoms with E-state index in [2.05, 4.69) is 11.4 Å². The molecule has 1 atom stereocenters. The number of halogens is 2. The van der Waals surface area contributed by atoms with Crippen molar-refractivity contribution >= 4 is 17.3 Å². The predicted octanol–water partition coefficient (Wildman–Crippen LogP) is 4.16. The normalized spacial score (nSPS) is 11.6. The zero-order chi connectivity index (χ0) is 13.0. The van der Waals surface area contributed by atoms with Gasteiger partial charge in [0.1, 0.15) is 11.9 Å². The molecule has 2 aromatic rings. The molecule has 0 radical (unpaired) electrons. The molecule has 0 aliphatic carbocycles. The molecule has 90 valence electrons. The molecule has 0 heterocycles. The molecule has 4 heteroatoms. The number of para-hydroxylation sites is 1. The van der Waals surface area contributed by atoms with Crippen LogP contribution in [-0.2, 0) is 0 Å². The van der Waals surface area contributed by atoms with E-state index in [9.17, 15) is 4.39 Å². The fraction of sp³-hybridized carbons (Fsp3) is 0.0714. The van der Waals surface area contributed by atoms with Crippen LogP contribution in [0.15, 0.2) is 48.5 Å². The van der Waals surface area contributed by atoms with Crippen LogP contribution in [0.25, 0.3) is 0 Å². The van der Waals surface area contributed by atoms with E-state index in [1.54, 1.807) is 6.07 Å². The maximum atomic E-state index is 13.1. The lowest BCUT2D eigenvalue weighted by Crippen LogP contribution is -2.08. The topological polar surface area (TPSA) is 35.8 Å². The van der Waals surface area contributed by atoms with Crippen LogP contribution in [0.4, 0.5) is 10.1 Å². The Morgan fingerprint density at radius 2 is 1.89 bits per heavy atom. The van der Waals surface area contributed by atoms with E-state index in [1.807, 2.05) is 30.3 Å². The quantitative estimate of drug-likeness (QED) is 0.900. The first-order valence-electron chi connectivity index (χ1n) is 5.37. The molecule has 18 heavy (non-hydrogen) atoms. The summed E-state index contributed by atoms with van der Waals surface area (Å²) in [5, 5.41) is 12.2. The number of nitrogens with zero attached hydrogens (tertiary/aromatic N) is 1. The fourth-order valence-electron chi connectivity index (χ4n) is 1.58. The summed E-state index contributed by atoms with van der Waals surface area (Å²) < 4.78 is 13.1. The number of rotatable bonds is 3. The number of hydrogen-bond acceptors (Lipinski definition) is 2. The highest BCUT2D eigenvalue weighted by atomic mass is 35.5. The van der Waals surface area contributed by atoms with Gasteiger partial charge in [-0.15, -0.1) is 0 Å². The van der Waals surface area contributed by atoms with E-state index in [0.29, 0.717) is 5.56 Å². The molecular formula is C14H10ClFN2. The lowest BCUT2D eigenvalue weighted by molar-refractivity contribution is 0.627. The number of benzene rings is 2. The van der Waals surface area contributed by atoms with Crippen molar-refractivity contribution in [1.29, 1.82) is 5.26 Å². The zero-order valence-corrected chi connectivity index (χ0v) is 10.2. The van der Waals surface area contributed by atoms with Crippen molar-refractivity contribution in [3.63, 3.8) is 0 Å². The van der Waals surface area contributed by atoms with Crippen molar-refractivity contribution in [3.8, 4) is 6.07 Å². The molecule has 0 fully saturated rings. The first kappa shape index (κ1) is 12.4. The highest BCUT2D eigenvalue weighted by Crippen LogP contribution is 2.23. The van der Waals surface area contributed by atoms with Gasteiger partial charge in [-0.3, -0.25) is 0 Å². The summed E-state index contributed by atoms with van der Waals surface area (Å²) in [6.07, 6.45) is 0. The molecule has 0 aromatic heterocycles. The Morgan fingerprint density at radius 3 is 2.50 bits per heavy atom. The average Bonchev–Trinajstić information content (AvgIpc) is 2.40. The van der Waals surface area contributed by atoms with Crippen molar-refractivity contribution in [3.05, 3.63) is 64.9 Å². The molecule has 2 rings (SSSR count). The van der Waals surface area contributed by atoms with Gasteiger partial charge in [-0.05, 0) is 29.8 Å². The molecule has 0 amide bonds. The molecule has 0 saturated heterocycles. The van der Waals surface area contributed by atoms with Gasteiger partial charge in [0.25, 0.3) is 0 Å². The molecule has 0 bridgehead atoms. The van der Waals surface area contributed by atoms with Crippen molar-refractivity contribution in [2.75, 3.05) is 5.32 Å². The van der Waals surface area contributed by atoms with Crippen molar-refractivity contribution in [1.82, 2.24) is 0 Å². The largest absolute Gasteiger partial charge is 0.366 e. The standard InChI is InChI=1S/C14H10ClFN2/c15-12-8-10(6-7-13(12)16)14(9-17)18-11-4-2-1-3-5-11/h1-8,14,18H. The Bertz CT molecular complexity index is 578. The van der Waals surface area contributed by atoms with E-state index in [4.69, 9.17) is 16.9 Å². The first-order valence-corrected chi connectivity index (χ1v) is 5.74. The number of nitriles is 1. The maximum absolute atomic E-state index is 13.1. The third-order valence-corrected chi connectivity index (χ3v) is 2.78. The van der Waals surface area contributed by atoms with Crippen molar-refractivity contribution in [2.45, 2.75) is 6.04 Å². The lowest BCUT2D eigenvalue weighted by Gasteiger charge is -2.13. The van der Waals surface area contributed by atoms with Gasteiger partial charge in [0.15, 0.2) is 0 Å². The molecule has 1 unspecified atom stereocenters. The van der Waals surface area contributed by atoms with Gasteiger partial charge in [-0.25, -0.2) is 4.39 Å². The summed E-state index contributed by atoms with van der Waals surface area (Å²) in [6.45, 7) is 0. The Balaban J connectivity index is 2.24. The van der Waals surface area contributed by atoms with E-state index in [1.165, 1.54) is 12.1 Å². The smallest absolute Gasteiger partial charge is 0.141 e. The van der Waals surface area contributed by atoms with Crippen LogP contribution >= 0.6 is 11.6 Å². The van der Waals surface area contributed by atoms with Crippen LogP contribution < -0.4 is 5.32 Å². The SMILES string of the molecule is N#CC(Nc1ccccc1)c1ccc(F)c(Cl)c1. The minimum absolute atomic E-state index is 0.0163. The third kappa shape index (κ3) is 2.79. The number of anilines is 1. The summed E-state index contributed by atoms with van der Waals surface area (Å²) in [5.74, 6) is -0.489. The van der Waals surface area contributed by atoms with Gasteiger partial charge >= 0.3 is 0 Å². The Kier molecular flexibility index (Phi) is 3.81. The number of nitrogens with one attached hydrogen (secondary N) is 1. The Hall–Kier alpha value is -2.05. The molecular weight excluding hydrogens is 251 g/mol. The minimum Gasteiger partial charge on any atom is -0.366 e.